The second kappa shape index (κ2) is 2.58. The first kappa shape index (κ1) is 7.79. The lowest BCUT2D eigenvalue weighted by Crippen LogP contribution is -1.97. The summed E-state index contributed by atoms with van der Waals surface area (Å²) in [4.78, 5) is 21.5. The minimum atomic E-state index is -0.480. The number of aldehydes is 1. The Morgan fingerprint density at radius 3 is 2.77 bits per heavy atom. The molecule has 0 fully saturated rings. The molecule has 0 N–H and O–H groups in total. The molecule has 0 aliphatic heterocycles. The highest BCUT2D eigenvalue weighted by Gasteiger charge is 2.07. The molecule has 4 nitrogen and oxygen atoms in total. The fourth-order valence-electron chi connectivity index (χ4n) is 1.16. The van der Waals surface area contributed by atoms with E-state index in [0.29, 0.717) is 23.0 Å². The number of carbonyl (C=O) groups is 1. The third-order valence-corrected chi connectivity index (χ3v) is 1.70. The summed E-state index contributed by atoms with van der Waals surface area (Å²) in [5.74, 6) is 0.595. The Bertz CT molecular complexity index is 518. The quantitative estimate of drug-likeness (QED) is 0.621. The van der Waals surface area contributed by atoms with Gasteiger partial charge in [-0.25, -0.2) is 4.79 Å². The Kier molecular flexibility index (Phi) is 1.55. The SMILES string of the molecule is Cc1cc2oc(C=O)cc2c(=O)o1. The number of hydrogen-bond donors (Lipinski definition) is 0. The van der Waals surface area contributed by atoms with Gasteiger partial charge in [0.1, 0.15) is 16.7 Å². The van der Waals surface area contributed by atoms with Gasteiger partial charge in [-0.2, -0.15) is 0 Å². The van der Waals surface area contributed by atoms with E-state index in [0.717, 1.165) is 0 Å². The van der Waals surface area contributed by atoms with Gasteiger partial charge in [0.15, 0.2) is 12.0 Å². The van der Waals surface area contributed by atoms with Crippen molar-refractivity contribution in [2.75, 3.05) is 0 Å². The van der Waals surface area contributed by atoms with E-state index in [-0.39, 0.29) is 5.76 Å². The second-order valence-corrected chi connectivity index (χ2v) is 2.69. The fourth-order valence-corrected chi connectivity index (χ4v) is 1.16. The zero-order chi connectivity index (χ0) is 9.42. The Labute approximate surface area is 72.8 Å². The van der Waals surface area contributed by atoms with Crippen molar-refractivity contribution in [3.63, 3.8) is 0 Å². The molecule has 0 aliphatic rings. The Hall–Kier alpha value is -1.84. The Morgan fingerprint density at radius 2 is 2.08 bits per heavy atom. The van der Waals surface area contributed by atoms with Crippen LogP contribution in [-0.4, -0.2) is 6.29 Å². The van der Waals surface area contributed by atoms with Gasteiger partial charge in [-0.05, 0) is 6.92 Å². The fraction of sp³-hybridized carbons (Fsp3) is 0.111. The number of rotatable bonds is 1. The van der Waals surface area contributed by atoms with Crippen molar-refractivity contribution < 1.29 is 13.6 Å². The number of furan rings is 1. The molecule has 0 saturated carbocycles. The van der Waals surface area contributed by atoms with E-state index in [4.69, 9.17) is 8.83 Å². The Balaban J connectivity index is 2.90. The molecule has 13 heavy (non-hydrogen) atoms. The van der Waals surface area contributed by atoms with Crippen LogP contribution in [0.15, 0.2) is 25.8 Å². The molecular formula is C9H6O4. The van der Waals surface area contributed by atoms with Gasteiger partial charge in [0.2, 0.25) is 0 Å². The van der Waals surface area contributed by atoms with Crippen LogP contribution in [0.4, 0.5) is 0 Å². The molecule has 0 aromatic carbocycles. The van der Waals surface area contributed by atoms with Crippen molar-refractivity contribution in [1.29, 1.82) is 0 Å². The minimum absolute atomic E-state index is 0.132. The molecule has 0 radical (unpaired) electrons. The number of carbonyl (C=O) groups excluding carboxylic acids is 1. The van der Waals surface area contributed by atoms with Crippen LogP contribution >= 0.6 is 0 Å². The lowest BCUT2D eigenvalue weighted by atomic mass is 10.3. The average Bonchev–Trinajstić information content (AvgIpc) is 2.47. The van der Waals surface area contributed by atoms with Crippen molar-refractivity contribution in [3.05, 3.63) is 34.1 Å². The van der Waals surface area contributed by atoms with Crippen molar-refractivity contribution in [3.8, 4) is 0 Å². The highest BCUT2D eigenvalue weighted by Crippen LogP contribution is 2.15. The van der Waals surface area contributed by atoms with Crippen molar-refractivity contribution in [1.82, 2.24) is 0 Å². The van der Waals surface area contributed by atoms with Crippen LogP contribution in [0.3, 0.4) is 0 Å². The van der Waals surface area contributed by atoms with Gasteiger partial charge in [-0.15, -0.1) is 0 Å². The number of aryl methyl sites for hydroxylation is 1. The predicted octanol–water partition coefficient (Wildman–Crippen LogP) is 1.51. The molecule has 2 aromatic rings. The van der Waals surface area contributed by atoms with Gasteiger partial charge in [0.05, 0.1) is 0 Å². The van der Waals surface area contributed by atoms with Gasteiger partial charge in [-0.3, -0.25) is 4.79 Å². The topological polar surface area (TPSA) is 60.4 Å². The van der Waals surface area contributed by atoms with E-state index in [1.54, 1.807) is 13.0 Å². The summed E-state index contributed by atoms with van der Waals surface area (Å²) in [6.07, 6.45) is 0.550. The van der Waals surface area contributed by atoms with Crippen LogP contribution in [0, 0.1) is 6.92 Å². The zero-order valence-corrected chi connectivity index (χ0v) is 6.87. The Morgan fingerprint density at radius 1 is 1.31 bits per heavy atom. The first-order valence-corrected chi connectivity index (χ1v) is 3.70. The maximum atomic E-state index is 11.2. The summed E-state index contributed by atoms with van der Waals surface area (Å²) in [6, 6.07) is 2.94. The van der Waals surface area contributed by atoms with Crippen LogP contribution in [0.25, 0.3) is 11.0 Å². The molecule has 2 heterocycles. The molecule has 2 aromatic heterocycles. The van der Waals surface area contributed by atoms with E-state index >= 15 is 0 Å². The molecule has 66 valence electrons. The summed E-state index contributed by atoms with van der Waals surface area (Å²) in [7, 11) is 0. The zero-order valence-electron chi connectivity index (χ0n) is 6.87. The summed E-state index contributed by atoms with van der Waals surface area (Å²) in [5.41, 5.74) is -0.0947. The summed E-state index contributed by atoms with van der Waals surface area (Å²) < 4.78 is 9.87. The monoisotopic (exact) mass is 178 g/mol. The molecule has 0 atom stereocenters. The molecule has 0 amide bonds. The van der Waals surface area contributed by atoms with Crippen LogP contribution in [0.2, 0.25) is 0 Å². The molecule has 0 bridgehead atoms. The van der Waals surface area contributed by atoms with Gasteiger partial charge < -0.3 is 8.83 Å². The van der Waals surface area contributed by atoms with Crippen LogP contribution < -0.4 is 5.63 Å². The maximum Gasteiger partial charge on any atom is 0.347 e. The van der Waals surface area contributed by atoms with Crippen LogP contribution in [0.5, 0.6) is 0 Å². The highest BCUT2D eigenvalue weighted by atomic mass is 16.4. The lowest BCUT2D eigenvalue weighted by Gasteiger charge is -1.88. The smallest absolute Gasteiger partial charge is 0.347 e. The van der Waals surface area contributed by atoms with Gasteiger partial charge in [0, 0.05) is 12.1 Å². The molecule has 0 saturated heterocycles. The van der Waals surface area contributed by atoms with Crippen LogP contribution in [-0.2, 0) is 0 Å². The van der Waals surface area contributed by atoms with Gasteiger partial charge >= 0.3 is 5.63 Å². The highest BCUT2D eigenvalue weighted by molar-refractivity contribution is 5.84. The third-order valence-electron chi connectivity index (χ3n) is 1.70. The molecular weight excluding hydrogens is 172 g/mol. The van der Waals surface area contributed by atoms with Gasteiger partial charge in [-0.1, -0.05) is 0 Å². The average molecular weight is 178 g/mol. The third kappa shape index (κ3) is 1.16. The second-order valence-electron chi connectivity index (χ2n) is 2.69. The minimum Gasteiger partial charge on any atom is -0.453 e. The predicted molar refractivity (Wildman–Crippen MR) is 44.9 cm³/mol. The van der Waals surface area contributed by atoms with E-state index in [1.165, 1.54) is 6.07 Å². The molecule has 0 spiro atoms. The maximum absolute atomic E-state index is 11.2. The standard InChI is InChI=1S/C9H6O4/c1-5-2-8-7(9(11)12-5)3-6(4-10)13-8/h2-4H,1H3. The van der Waals surface area contributed by atoms with E-state index in [1.807, 2.05) is 0 Å². The normalized spacial score (nSPS) is 10.5. The molecule has 4 heteroatoms. The lowest BCUT2D eigenvalue weighted by molar-refractivity contribution is 0.110. The first-order valence-electron chi connectivity index (χ1n) is 3.70. The van der Waals surface area contributed by atoms with Gasteiger partial charge in [0.25, 0.3) is 0 Å². The number of hydrogen-bond acceptors (Lipinski definition) is 4. The van der Waals surface area contributed by atoms with E-state index in [2.05, 4.69) is 0 Å². The number of fused-ring (bicyclic) bond motifs is 1. The summed E-state index contributed by atoms with van der Waals surface area (Å²) >= 11 is 0. The first-order chi connectivity index (χ1) is 6.20. The molecule has 0 unspecified atom stereocenters. The molecule has 2 rings (SSSR count). The van der Waals surface area contributed by atoms with E-state index in [9.17, 15) is 9.59 Å². The summed E-state index contributed by atoms with van der Waals surface area (Å²) in [6.45, 7) is 1.64. The molecule has 0 aliphatic carbocycles. The largest absolute Gasteiger partial charge is 0.453 e. The van der Waals surface area contributed by atoms with Crippen molar-refractivity contribution in [2.45, 2.75) is 6.92 Å². The van der Waals surface area contributed by atoms with Crippen molar-refractivity contribution in [2.24, 2.45) is 0 Å². The van der Waals surface area contributed by atoms with Crippen LogP contribution in [0.1, 0.15) is 16.3 Å². The van der Waals surface area contributed by atoms with Crippen molar-refractivity contribution >= 4 is 17.3 Å². The van der Waals surface area contributed by atoms with E-state index < -0.39 is 5.63 Å². The summed E-state index contributed by atoms with van der Waals surface area (Å²) in [5, 5.41) is 0.299.